The molecule has 7 nitrogen and oxygen atoms in total. The number of rotatable bonds is 1. The Hall–Kier alpha value is -2.39. The van der Waals surface area contributed by atoms with E-state index in [9.17, 15) is 9.00 Å². The zero-order valence-electron chi connectivity index (χ0n) is 23.0. The summed E-state index contributed by atoms with van der Waals surface area (Å²) in [5.41, 5.74) is 3.66. The van der Waals surface area contributed by atoms with Crippen LogP contribution in [-0.4, -0.2) is 48.8 Å². The maximum atomic E-state index is 13.2. The lowest BCUT2D eigenvalue weighted by Gasteiger charge is -2.46. The maximum Gasteiger partial charge on any atom is 0.286 e. The van der Waals surface area contributed by atoms with E-state index in [4.69, 9.17) is 26.2 Å². The Morgan fingerprint density at radius 3 is 2.83 bits per heavy atom. The second kappa shape index (κ2) is 12.1. The Morgan fingerprint density at radius 1 is 1.20 bits per heavy atom. The van der Waals surface area contributed by atoms with Gasteiger partial charge in [0.1, 0.15) is 15.7 Å². The number of amides is 1. The number of hydrogen-bond donors (Lipinski definition) is 1. The molecule has 0 saturated heterocycles. The summed E-state index contributed by atoms with van der Waals surface area (Å²) in [6, 6.07) is 11.7. The fraction of sp³-hybridized carbons (Fsp3) is 0.531. The van der Waals surface area contributed by atoms with Crippen molar-refractivity contribution < 1.29 is 18.5 Å². The fourth-order valence-electron chi connectivity index (χ4n) is 7.06. The van der Waals surface area contributed by atoms with Crippen LogP contribution in [0.15, 0.2) is 52.9 Å². The summed E-state index contributed by atoms with van der Waals surface area (Å²) < 4.78 is 29.4. The second-order valence-corrected chi connectivity index (χ2v) is 14.3. The van der Waals surface area contributed by atoms with Crippen LogP contribution in [0.25, 0.3) is 0 Å². The molecule has 2 aliphatic heterocycles. The molecule has 9 heteroatoms. The number of benzene rings is 2. The van der Waals surface area contributed by atoms with Crippen LogP contribution in [0.4, 0.5) is 5.69 Å². The molecule has 2 bridgehead atoms. The molecule has 1 unspecified atom stereocenters. The van der Waals surface area contributed by atoms with E-state index in [0.29, 0.717) is 36.8 Å². The van der Waals surface area contributed by atoms with Crippen LogP contribution >= 0.6 is 11.6 Å². The molecule has 1 amide bonds. The third kappa shape index (κ3) is 6.07. The van der Waals surface area contributed by atoms with E-state index in [0.717, 1.165) is 61.7 Å². The van der Waals surface area contributed by atoms with E-state index < -0.39 is 15.8 Å². The van der Waals surface area contributed by atoms with E-state index >= 15 is 0 Å². The lowest BCUT2D eigenvalue weighted by Crippen LogP contribution is -2.49. The van der Waals surface area contributed by atoms with Crippen molar-refractivity contribution in [3.05, 3.63) is 70.3 Å². The van der Waals surface area contributed by atoms with Gasteiger partial charge in [0.15, 0.2) is 0 Å². The number of methoxy groups -OCH3 is 1. The minimum absolute atomic E-state index is 0. The minimum Gasteiger partial charge on any atom is -0.490 e. The zero-order chi connectivity index (χ0) is 27.9. The van der Waals surface area contributed by atoms with Gasteiger partial charge in [-0.2, -0.15) is 0 Å². The van der Waals surface area contributed by atoms with E-state index in [-0.39, 0.29) is 24.7 Å². The number of fused-ring (bicyclic) bond motifs is 4. The molecule has 2 aromatic carbocycles. The molecule has 4 aliphatic rings. The standard InChI is InChI=1S/C31H38ClN3O4S.CH4/c1-38-28-7-3-2-4-15-40(33,37)34-30(36)22-9-13-29-27(17-22)35(18-23-8-11-25(23)28)19-31(20-39-29)14-5-6-21-16-24(32)10-12-26(21)31;/h3,7,9-10,12-13,16-17,23,25,28H,2,4-6,8,11,14-15,18-20H2,1H3,(H2,33,34,36,37);1H4/b7-3+;/t23-,25+,28-,31-,40?;/m0./s1. The molecule has 0 radical (unpaired) electrons. The highest BCUT2D eigenvalue weighted by Gasteiger charge is 2.44. The van der Waals surface area contributed by atoms with Crippen molar-refractivity contribution in [2.24, 2.45) is 21.3 Å². The summed E-state index contributed by atoms with van der Waals surface area (Å²) in [4.78, 5) is 15.6. The first kappa shape index (κ1) is 30.1. The second-order valence-electron chi connectivity index (χ2n) is 11.8. The van der Waals surface area contributed by atoms with Gasteiger partial charge in [-0.1, -0.05) is 37.2 Å². The highest BCUT2D eigenvalue weighted by Crippen LogP contribution is 2.47. The summed E-state index contributed by atoms with van der Waals surface area (Å²) in [6.45, 7) is 2.16. The number of nitrogens with zero attached hydrogens (tertiary/aromatic N) is 2. The molecule has 222 valence electrons. The molecule has 1 saturated carbocycles. The molecule has 41 heavy (non-hydrogen) atoms. The summed E-state index contributed by atoms with van der Waals surface area (Å²) in [5, 5.41) is 6.76. The van der Waals surface area contributed by atoms with Gasteiger partial charge < -0.3 is 14.4 Å². The smallest absolute Gasteiger partial charge is 0.286 e. The summed E-state index contributed by atoms with van der Waals surface area (Å²) in [7, 11) is -1.35. The number of carbonyl (C=O) groups is 1. The van der Waals surface area contributed by atoms with Crippen molar-refractivity contribution in [1.82, 2.24) is 0 Å². The van der Waals surface area contributed by atoms with Gasteiger partial charge >= 0.3 is 0 Å². The maximum absolute atomic E-state index is 13.2. The third-order valence-corrected chi connectivity index (χ3v) is 10.9. The normalized spacial score (nSPS) is 32.2. The molecule has 5 atom stereocenters. The Kier molecular flexibility index (Phi) is 8.86. The third-order valence-electron chi connectivity index (χ3n) is 9.28. The molecule has 6 rings (SSSR count). The van der Waals surface area contributed by atoms with E-state index in [1.807, 2.05) is 18.2 Å². The van der Waals surface area contributed by atoms with Gasteiger partial charge in [0, 0.05) is 42.0 Å². The SMILES string of the molecule is C.CO[C@H]1/C=C/CCCS(N)(=O)=NC(=O)c2ccc3c(c2)N(C[C@@H]2CC[C@H]21)C[C@@]1(CCCc2cc(Cl)ccc21)CO3. The molecule has 2 N–H and O–H groups in total. The van der Waals surface area contributed by atoms with Crippen LogP contribution in [0.3, 0.4) is 0 Å². The average molecular weight is 600 g/mol. The van der Waals surface area contributed by atoms with Gasteiger partial charge in [0.25, 0.3) is 5.91 Å². The van der Waals surface area contributed by atoms with Gasteiger partial charge in [-0.05, 0) is 98.2 Å². The summed E-state index contributed by atoms with van der Waals surface area (Å²) >= 11 is 6.40. The first-order valence-corrected chi connectivity index (χ1v) is 16.5. The van der Waals surface area contributed by atoms with Crippen molar-refractivity contribution in [2.75, 3.05) is 37.5 Å². The monoisotopic (exact) mass is 599 g/mol. The van der Waals surface area contributed by atoms with Crippen LogP contribution < -0.4 is 14.8 Å². The number of hydrogen-bond acceptors (Lipinski definition) is 5. The van der Waals surface area contributed by atoms with E-state index in [2.05, 4.69) is 33.5 Å². The van der Waals surface area contributed by atoms with Crippen LogP contribution in [-0.2, 0) is 26.5 Å². The molecule has 2 aromatic rings. The van der Waals surface area contributed by atoms with E-state index in [1.165, 1.54) is 11.1 Å². The quantitative estimate of drug-likeness (QED) is 0.387. The van der Waals surface area contributed by atoms with E-state index in [1.54, 1.807) is 13.2 Å². The first-order chi connectivity index (χ1) is 19.3. The number of anilines is 1. The number of carbonyl (C=O) groups excluding carboxylic acids is 1. The number of allylic oxidation sites excluding steroid dienone is 1. The van der Waals surface area contributed by atoms with Crippen molar-refractivity contribution >= 4 is 33.1 Å². The summed E-state index contributed by atoms with van der Waals surface area (Å²) in [6.07, 6.45) is 10.9. The predicted molar refractivity (Wildman–Crippen MR) is 166 cm³/mol. The molecule has 0 aromatic heterocycles. The minimum atomic E-state index is -3.13. The van der Waals surface area contributed by atoms with Gasteiger partial charge in [0.05, 0.1) is 18.4 Å². The zero-order valence-corrected chi connectivity index (χ0v) is 24.6. The molecule has 1 fully saturated rings. The molecule has 2 heterocycles. The van der Waals surface area contributed by atoms with Crippen molar-refractivity contribution in [3.8, 4) is 5.75 Å². The largest absolute Gasteiger partial charge is 0.490 e. The van der Waals surface area contributed by atoms with Gasteiger partial charge in [0.2, 0.25) is 0 Å². The van der Waals surface area contributed by atoms with Gasteiger partial charge in [-0.15, -0.1) is 4.36 Å². The lowest BCUT2D eigenvalue weighted by molar-refractivity contribution is 0.0132. The molecule has 2 aliphatic carbocycles. The topological polar surface area (TPSA) is 94.2 Å². The molecular weight excluding hydrogens is 558 g/mol. The van der Waals surface area contributed by atoms with Crippen molar-refractivity contribution in [3.63, 3.8) is 0 Å². The number of nitrogens with two attached hydrogens (primary N) is 1. The number of halogens is 1. The Labute approximate surface area is 249 Å². The van der Waals surface area contributed by atoms with Crippen LogP contribution in [0.1, 0.15) is 67.4 Å². The number of aryl methyl sites for hydroxylation is 1. The fourth-order valence-corrected chi connectivity index (χ4v) is 8.31. The predicted octanol–water partition coefficient (Wildman–Crippen LogP) is 6.32. The molecular formula is C32H42ClN3O4S. The van der Waals surface area contributed by atoms with Crippen LogP contribution in [0.5, 0.6) is 5.75 Å². The van der Waals surface area contributed by atoms with Gasteiger partial charge in [-0.25, -0.2) is 9.35 Å². The average Bonchev–Trinajstić information content (AvgIpc) is 3.06. The van der Waals surface area contributed by atoms with Crippen LogP contribution in [0, 0.1) is 11.8 Å². The Bertz CT molecular complexity index is 1450. The lowest BCUT2D eigenvalue weighted by atomic mass is 9.68. The van der Waals surface area contributed by atoms with Crippen LogP contribution in [0.2, 0.25) is 5.02 Å². The summed E-state index contributed by atoms with van der Waals surface area (Å²) in [5.74, 6) is 1.23. The van der Waals surface area contributed by atoms with Crippen molar-refractivity contribution in [1.29, 1.82) is 0 Å². The Balaban J connectivity index is 0.00000337. The highest BCUT2D eigenvalue weighted by molar-refractivity contribution is 7.91. The van der Waals surface area contributed by atoms with Crippen molar-refractivity contribution in [2.45, 2.75) is 63.9 Å². The number of ether oxygens (including phenoxy) is 2. The van der Waals surface area contributed by atoms with Gasteiger partial charge in [-0.3, -0.25) is 4.79 Å². The highest BCUT2D eigenvalue weighted by atomic mass is 35.5. The molecule has 1 spiro atoms. The first-order valence-electron chi connectivity index (χ1n) is 14.3. The Morgan fingerprint density at radius 2 is 2.05 bits per heavy atom.